The summed E-state index contributed by atoms with van der Waals surface area (Å²) in [6.45, 7) is 10.9. The van der Waals surface area contributed by atoms with Crippen LogP contribution in [0.4, 0.5) is 0 Å². The summed E-state index contributed by atoms with van der Waals surface area (Å²) < 4.78 is 0. The van der Waals surface area contributed by atoms with Gasteiger partial charge in [-0.25, -0.2) is 10.0 Å². The zero-order chi connectivity index (χ0) is 10.3. The monoisotopic (exact) mass is 180 g/mol. The van der Waals surface area contributed by atoms with Crippen LogP contribution in [0.1, 0.15) is 13.8 Å². The predicted molar refractivity (Wildman–Crippen MR) is 57.5 cm³/mol. The van der Waals surface area contributed by atoms with Gasteiger partial charge in [0.25, 0.3) is 0 Å². The van der Waals surface area contributed by atoms with Gasteiger partial charge in [-0.15, -0.1) is 0 Å². The Hall–Kier alpha value is -1.58. The number of hydrogen-bond acceptors (Lipinski definition) is 3. The molecule has 0 aromatic rings. The summed E-state index contributed by atoms with van der Waals surface area (Å²) >= 11 is 0. The van der Waals surface area contributed by atoms with Gasteiger partial charge >= 0.3 is 0 Å². The molecule has 0 bridgehead atoms. The van der Waals surface area contributed by atoms with Crippen LogP contribution in [-0.2, 0) is 0 Å². The fraction of sp³-hybridized carbons (Fsp3) is 0.333. The van der Waals surface area contributed by atoms with E-state index in [1.54, 1.807) is 11.1 Å². The van der Waals surface area contributed by atoms with Crippen LogP contribution in [0, 0.1) is 0 Å². The molecule has 2 N–H and O–H groups in total. The summed E-state index contributed by atoms with van der Waals surface area (Å²) in [5.41, 5.74) is 5.27. The van der Waals surface area contributed by atoms with E-state index in [0.717, 1.165) is 0 Å². The molecule has 13 heavy (non-hydrogen) atoms. The molecule has 0 rings (SSSR count). The molecule has 0 saturated carbocycles. The van der Waals surface area contributed by atoms with Gasteiger partial charge < -0.3 is 5.73 Å². The van der Waals surface area contributed by atoms with Gasteiger partial charge in [-0.3, -0.25) is 0 Å². The van der Waals surface area contributed by atoms with E-state index >= 15 is 0 Å². The molecular formula is C9H16N4. The summed E-state index contributed by atoms with van der Waals surface area (Å²) in [6, 6.07) is 0.187. The van der Waals surface area contributed by atoms with Gasteiger partial charge in [0, 0.05) is 19.0 Å². The van der Waals surface area contributed by atoms with Gasteiger partial charge in [0.05, 0.1) is 0 Å². The molecule has 0 radical (unpaired) electrons. The smallest absolute Gasteiger partial charge is 0.150 e. The molecule has 0 atom stereocenters. The van der Waals surface area contributed by atoms with E-state index in [-0.39, 0.29) is 6.04 Å². The molecule has 0 unspecified atom stereocenters. The van der Waals surface area contributed by atoms with Gasteiger partial charge in [-0.05, 0) is 26.1 Å². The summed E-state index contributed by atoms with van der Waals surface area (Å²) in [5, 5.41) is 5.48. The second kappa shape index (κ2) is 5.99. The van der Waals surface area contributed by atoms with Crippen LogP contribution < -0.4 is 5.73 Å². The van der Waals surface area contributed by atoms with Crippen LogP contribution in [0.2, 0.25) is 0 Å². The number of rotatable bonds is 4. The third-order valence-electron chi connectivity index (χ3n) is 1.35. The van der Waals surface area contributed by atoms with E-state index in [1.165, 1.54) is 12.4 Å². The Morgan fingerprint density at radius 3 is 2.46 bits per heavy atom. The Labute approximate surface area is 79.1 Å². The van der Waals surface area contributed by atoms with E-state index in [4.69, 9.17) is 5.73 Å². The normalized spacial score (nSPS) is 12.1. The fourth-order valence-electron chi connectivity index (χ4n) is 0.858. The van der Waals surface area contributed by atoms with Crippen molar-refractivity contribution in [2.45, 2.75) is 19.9 Å². The molecule has 0 heterocycles. The van der Waals surface area contributed by atoms with Crippen molar-refractivity contribution in [2.75, 3.05) is 0 Å². The molecule has 0 amide bonds. The maximum atomic E-state index is 5.27. The van der Waals surface area contributed by atoms with Crippen molar-refractivity contribution in [3.8, 4) is 0 Å². The maximum absolute atomic E-state index is 5.27. The molecule has 0 aliphatic rings. The highest BCUT2D eigenvalue weighted by atomic mass is 15.5. The third kappa shape index (κ3) is 3.55. The molecule has 0 fully saturated rings. The first-order chi connectivity index (χ1) is 6.17. The molecule has 0 saturated heterocycles. The molecule has 4 nitrogen and oxygen atoms in total. The largest absolute Gasteiger partial charge is 0.404 e. The quantitative estimate of drug-likeness (QED) is 0.403. The van der Waals surface area contributed by atoms with Gasteiger partial charge in [-0.2, -0.15) is 5.10 Å². The molecule has 0 aliphatic heterocycles. The summed E-state index contributed by atoms with van der Waals surface area (Å²) in [6.07, 6.45) is 4.50. The lowest BCUT2D eigenvalue weighted by Gasteiger charge is -2.21. The first-order valence-corrected chi connectivity index (χ1v) is 4.00. The summed E-state index contributed by atoms with van der Waals surface area (Å²) in [4.78, 5) is 4.01. The zero-order valence-corrected chi connectivity index (χ0v) is 8.14. The van der Waals surface area contributed by atoms with Crippen LogP contribution in [0.15, 0.2) is 35.1 Å². The lowest BCUT2D eigenvalue weighted by atomic mass is 10.3. The van der Waals surface area contributed by atoms with Crippen LogP contribution in [0.25, 0.3) is 0 Å². The van der Waals surface area contributed by atoms with E-state index in [0.29, 0.717) is 5.84 Å². The van der Waals surface area contributed by atoms with E-state index in [9.17, 15) is 0 Å². The molecule has 72 valence electrons. The Kier molecular flexibility index (Phi) is 5.27. The number of nitrogens with two attached hydrogens (primary N) is 1. The average Bonchev–Trinajstić information content (AvgIpc) is 2.05. The minimum Gasteiger partial charge on any atom is -0.404 e. The van der Waals surface area contributed by atoms with Gasteiger partial charge in [0.15, 0.2) is 0 Å². The van der Waals surface area contributed by atoms with Gasteiger partial charge in [-0.1, -0.05) is 6.58 Å². The number of aliphatic imine (C=N–C) groups is 1. The van der Waals surface area contributed by atoms with Crippen molar-refractivity contribution in [1.82, 2.24) is 5.01 Å². The molecule has 4 heteroatoms. The Morgan fingerprint density at radius 1 is 1.54 bits per heavy atom. The highest BCUT2D eigenvalue weighted by molar-refractivity contribution is 5.93. The average molecular weight is 180 g/mol. The van der Waals surface area contributed by atoms with Crippen LogP contribution in [0.3, 0.4) is 0 Å². The molecular weight excluding hydrogens is 164 g/mol. The van der Waals surface area contributed by atoms with E-state index in [2.05, 4.69) is 23.4 Å². The van der Waals surface area contributed by atoms with Crippen molar-refractivity contribution < 1.29 is 0 Å². The second-order valence-electron chi connectivity index (χ2n) is 2.61. The van der Waals surface area contributed by atoms with Crippen molar-refractivity contribution >= 4 is 12.6 Å². The van der Waals surface area contributed by atoms with Crippen molar-refractivity contribution in [3.63, 3.8) is 0 Å². The SMILES string of the molecule is C=CN=C(/C=C/N)N(N=C)C(C)C. The Balaban J connectivity index is 4.78. The number of hydrogen-bond donors (Lipinski definition) is 1. The highest BCUT2D eigenvalue weighted by Crippen LogP contribution is 2.01. The topological polar surface area (TPSA) is 54.0 Å². The standard InChI is InChI=1S/C9H16N4/c1-5-12-9(6-7-10)13(11-4)8(2)3/h5-8H,1,4,10H2,2-3H3/b7-6+,12-9?. The van der Waals surface area contributed by atoms with Gasteiger partial charge in [0.1, 0.15) is 5.84 Å². The summed E-state index contributed by atoms with van der Waals surface area (Å²) in [5.74, 6) is 0.627. The first kappa shape index (κ1) is 11.4. The van der Waals surface area contributed by atoms with Crippen molar-refractivity contribution in [2.24, 2.45) is 15.8 Å². The highest BCUT2D eigenvalue weighted by Gasteiger charge is 2.09. The zero-order valence-electron chi connectivity index (χ0n) is 8.14. The number of hydrazone groups is 1. The maximum Gasteiger partial charge on any atom is 0.150 e. The molecule has 0 aromatic heterocycles. The predicted octanol–water partition coefficient (Wildman–Crippen LogP) is 1.33. The van der Waals surface area contributed by atoms with Crippen LogP contribution in [-0.4, -0.2) is 23.6 Å². The lowest BCUT2D eigenvalue weighted by Crippen LogP contribution is -2.30. The summed E-state index contributed by atoms with van der Waals surface area (Å²) in [7, 11) is 0. The lowest BCUT2D eigenvalue weighted by molar-refractivity contribution is 0.373. The number of amidine groups is 1. The van der Waals surface area contributed by atoms with Crippen LogP contribution >= 0.6 is 0 Å². The fourth-order valence-corrected chi connectivity index (χ4v) is 0.858. The second-order valence-corrected chi connectivity index (χ2v) is 2.61. The van der Waals surface area contributed by atoms with Gasteiger partial charge in [0.2, 0.25) is 0 Å². The van der Waals surface area contributed by atoms with Crippen molar-refractivity contribution in [1.29, 1.82) is 0 Å². The first-order valence-electron chi connectivity index (χ1n) is 4.00. The number of nitrogens with zero attached hydrogens (tertiary/aromatic N) is 3. The Morgan fingerprint density at radius 2 is 2.15 bits per heavy atom. The minimum absolute atomic E-state index is 0.187. The Bertz CT molecular complexity index is 228. The van der Waals surface area contributed by atoms with Crippen LogP contribution in [0.5, 0.6) is 0 Å². The molecule has 0 aliphatic carbocycles. The van der Waals surface area contributed by atoms with E-state index < -0.39 is 0 Å². The molecule has 0 aromatic carbocycles. The minimum atomic E-state index is 0.187. The third-order valence-corrected chi connectivity index (χ3v) is 1.35. The van der Waals surface area contributed by atoms with Crippen molar-refractivity contribution in [3.05, 3.63) is 25.1 Å². The van der Waals surface area contributed by atoms with E-state index in [1.807, 2.05) is 13.8 Å². The molecule has 0 spiro atoms.